The summed E-state index contributed by atoms with van der Waals surface area (Å²) < 4.78 is 0. The normalized spacial score (nSPS) is 17.7. The van der Waals surface area contributed by atoms with Crippen LogP contribution < -0.4 is 0 Å². The van der Waals surface area contributed by atoms with Gasteiger partial charge in [0.15, 0.2) is 0 Å². The minimum Gasteiger partial charge on any atom is -0.390 e. The first-order chi connectivity index (χ1) is 4.92. The number of rotatable bonds is 2. The molecule has 54 valence electrons. The summed E-state index contributed by atoms with van der Waals surface area (Å²) in [6.07, 6.45) is 2.57. The topological polar surface area (TPSA) is 33.1 Å². The van der Waals surface area contributed by atoms with Crippen LogP contribution in [0.3, 0.4) is 0 Å². The molecule has 0 bridgehead atoms. The van der Waals surface area contributed by atoms with E-state index in [1.165, 1.54) is 17.7 Å². The van der Waals surface area contributed by atoms with Crippen LogP contribution in [0.1, 0.15) is 29.3 Å². The molecule has 1 aromatic heterocycles. The molecule has 0 spiro atoms. The van der Waals surface area contributed by atoms with E-state index in [1.54, 1.807) is 11.3 Å². The molecule has 1 aliphatic carbocycles. The molecule has 10 heavy (non-hydrogen) atoms. The van der Waals surface area contributed by atoms with E-state index < -0.39 is 0 Å². The van der Waals surface area contributed by atoms with Gasteiger partial charge in [-0.25, -0.2) is 4.98 Å². The quantitative estimate of drug-likeness (QED) is 0.702. The number of hydrogen-bond acceptors (Lipinski definition) is 3. The Labute approximate surface area is 63.5 Å². The van der Waals surface area contributed by atoms with Crippen LogP contribution in [0.4, 0.5) is 0 Å². The second-order valence-electron chi connectivity index (χ2n) is 2.60. The maximum absolute atomic E-state index is 8.83. The Bertz CT molecular complexity index is 229. The van der Waals surface area contributed by atoms with Crippen LogP contribution >= 0.6 is 11.3 Å². The zero-order valence-electron chi connectivity index (χ0n) is 5.58. The first-order valence-corrected chi connectivity index (χ1v) is 4.33. The van der Waals surface area contributed by atoms with Gasteiger partial charge in [-0.3, -0.25) is 0 Å². The van der Waals surface area contributed by atoms with E-state index in [1.807, 2.05) is 5.51 Å². The Hall–Kier alpha value is -0.410. The smallest absolute Gasteiger partial charge is 0.0864 e. The van der Waals surface area contributed by atoms with Crippen molar-refractivity contribution in [3.63, 3.8) is 0 Å². The van der Waals surface area contributed by atoms with Crippen molar-refractivity contribution in [2.45, 2.75) is 25.4 Å². The van der Waals surface area contributed by atoms with Crippen LogP contribution in [0, 0.1) is 0 Å². The molecule has 0 atom stereocenters. The lowest BCUT2D eigenvalue weighted by Crippen LogP contribution is -1.86. The lowest BCUT2D eigenvalue weighted by atomic mass is 10.3. The molecule has 3 heteroatoms. The van der Waals surface area contributed by atoms with E-state index in [9.17, 15) is 0 Å². The van der Waals surface area contributed by atoms with Crippen molar-refractivity contribution in [2.24, 2.45) is 0 Å². The van der Waals surface area contributed by atoms with Gasteiger partial charge in [0.25, 0.3) is 0 Å². The van der Waals surface area contributed by atoms with Crippen LogP contribution in [0.2, 0.25) is 0 Å². The molecule has 2 nitrogen and oxygen atoms in total. The SMILES string of the molecule is OCc1ncsc1C1CC1. The fourth-order valence-corrected chi connectivity index (χ4v) is 2.05. The molecule has 0 amide bonds. The van der Waals surface area contributed by atoms with Gasteiger partial charge < -0.3 is 5.11 Å². The molecule has 1 aromatic rings. The van der Waals surface area contributed by atoms with Gasteiger partial charge in [-0.15, -0.1) is 11.3 Å². The van der Waals surface area contributed by atoms with Gasteiger partial charge >= 0.3 is 0 Å². The highest BCUT2D eigenvalue weighted by atomic mass is 32.1. The Morgan fingerprint density at radius 2 is 2.50 bits per heavy atom. The zero-order chi connectivity index (χ0) is 6.97. The highest BCUT2D eigenvalue weighted by Crippen LogP contribution is 2.43. The van der Waals surface area contributed by atoms with E-state index in [4.69, 9.17) is 5.11 Å². The number of hydrogen-bond donors (Lipinski definition) is 1. The van der Waals surface area contributed by atoms with E-state index in [-0.39, 0.29) is 6.61 Å². The lowest BCUT2D eigenvalue weighted by Gasteiger charge is -1.92. The van der Waals surface area contributed by atoms with Crippen LogP contribution in [0.5, 0.6) is 0 Å². The predicted molar refractivity (Wildman–Crippen MR) is 40.0 cm³/mol. The summed E-state index contributed by atoms with van der Waals surface area (Å²) in [5.41, 5.74) is 2.71. The van der Waals surface area contributed by atoms with Crippen molar-refractivity contribution in [3.8, 4) is 0 Å². The van der Waals surface area contributed by atoms with Gasteiger partial charge in [0, 0.05) is 4.88 Å². The van der Waals surface area contributed by atoms with Gasteiger partial charge in [-0.05, 0) is 18.8 Å². The molecular formula is C7H9NOS. The van der Waals surface area contributed by atoms with Crippen molar-refractivity contribution < 1.29 is 5.11 Å². The molecule has 0 aromatic carbocycles. The number of aliphatic hydroxyl groups excluding tert-OH is 1. The van der Waals surface area contributed by atoms with Gasteiger partial charge in [-0.2, -0.15) is 0 Å². The highest BCUT2D eigenvalue weighted by molar-refractivity contribution is 7.09. The average molecular weight is 155 g/mol. The Kier molecular flexibility index (Phi) is 1.47. The molecule has 1 aliphatic rings. The van der Waals surface area contributed by atoms with Gasteiger partial charge in [0.05, 0.1) is 17.8 Å². The van der Waals surface area contributed by atoms with E-state index in [0.29, 0.717) is 0 Å². The minimum absolute atomic E-state index is 0.106. The van der Waals surface area contributed by atoms with Gasteiger partial charge in [0.1, 0.15) is 0 Å². The summed E-state index contributed by atoms with van der Waals surface area (Å²) in [6, 6.07) is 0. The lowest BCUT2D eigenvalue weighted by molar-refractivity contribution is 0.276. The first kappa shape index (κ1) is 6.31. The number of thiazole rings is 1. The summed E-state index contributed by atoms with van der Waals surface area (Å²) in [7, 11) is 0. The van der Waals surface area contributed by atoms with Gasteiger partial charge in [0.2, 0.25) is 0 Å². The molecule has 1 heterocycles. The summed E-state index contributed by atoms with van der Waals surface area (Å²) in [5, 5.41) is 8.83. The second kappa shape index (κ2) is 2.32. The van der Waals surface area contributed by atoms with Crippen LogP contribution in [0.25, 0.3) is 0 Å². The Morgan fingerprint density at radius 3 is 3.10 bits per heavy atom. The maximum Gasteiger partial charge on any atom is 0.0864 e. The van der Waals surface area contributed by atoms with Crippen molar-refractivity contribution in [1.29, 1.82) is 0 Å². The van der Waals surface area contributed by atoms with E-state index in [2.05, 4.69) is 4.98 Å². The molecule has 1 N–H and O–H groups in total. The zero-order valence-corrected chi connectivity index (χ0v) is 6.40. The number of aromatic nitrogens is 1. The highest BCUT2D eigenvalue weighted by Gasteiger charge is 2.27. The maximum atomic E-state index is 8.83. The molecule has 0 saturated heterocycles. The van der Waals surface area contributed by atoms with Gasteiger partial charge in [-0.1, -0.05) is 0 Å². The third kappa shape index (κ3) is 0.954. The fourth-order valence-electron chi connectivity index (χ4n) is 1.07. The van der Waals surface area contributed by atoms with Crippen molar-refractivity contribution >= 4 is 11.3 Å². The monoisotopic (exact) mass is 155 g/mol. The molecular weight excluding hydrogens is 146 g/mol. The van der Waals surface area contributed by atoms with Crippen molar-refractivity contribution in [3.05, 3.63) is 16.1 Å². The summed E-state index contributed by atoms with van der Waals surface area (Å²) >= 11 is 1.67. The third-order valence-corrected chi connectivity index (χ3v) is 2.80. The molecule has 0 aliphatic heterocycles. The number of nitrogens with zero attached hydrogens (tertiary/aromatic N) is 1. The fraction of sp³-hybridized carbons (Fsp3) is 0.571. The molecule has 1 fully saturated rings. The Balaban J connectivity index is 2.28. The number of aliphatic hydroxyl groups is 1. The average Bonchev–Trinajstić information content (AvgIpc) is 2.69. The van der Waals surface area contributed by atoms with Crippen LogP contribution in [-0.4, -0.2) is 10.1 Å². The largest absolute Gasteiger partial charge is 0.390 e. The Morgan fingerprint density at radius 1 is 1.70 bits per heavy atom. The van der Waals surface area contributed by atoms with E-state index in [0.717, 1.165) is 11.6 Å². The van der Waals surface area contributed by atoms with E-state index >= 15 is 0 Å². The summed E-state index contributed by atoms with van der Waals surface area (Å²) in [6.45, 7) is 0.106. The second-order valence-corrected chi connectivity index (χ2v) is 3.48. The summed E-state index contributed by atoms with van der Waals surface area (Å²) in [4.78, 5) is 5.37. The predicted octanol–water partition coefficient (Wildman–Crippen LogP) is 1.51. The van der Waals surface area contributed by atoms with Crippen molar-refractivity contribution in [1.82, 2.24) is 4.98 Å². The first-order valence-electron chi connectivity index (χ1n) is 3.45. The minimum atomic E-state index is 0.106. The van der Waals surface area contributed by atoms with Crippen LogP contribution in [-0.2, 0) is 6.61 Å². The van der Waals surface area contributed by atoms with Crippen LogP contribution in [0.15, 0.2) is 5.51 Å². The molecule has 2 rings (SSSR count). The summed E-state index contributed by atoms with van der Waals surface area (Å²) in [5.74, 6) is 0.731. The molecule has 1 saturated carbocycles. The molecule has 0 unspecified atom stereocenters. The standard InChI is InChI=1S/C7H9NOS/c9-3-6-7(5-1-2-5)10-4-8-6/h4-5,9H,1-3H2. The van der Waals surface area contributed by atoms with Crippen molar-refractivity contribution in [2.75, 3.05) is 0 Å². The third-order valence-electron chi connectivity index (χ3n) is 1.77. The molecule has 0 radical (unpaired) electrons.